The van der Waals surface area contributed by atoms with Gasteiger partial charge in [-0.3, -0.25) is 0 Å². The molecule has 3 nitrogen and oxygen atoms in total. The fourth-order valence-electron chi connectivity index (χ4n) is 2.66. The van der Waals surface area contributed by atoms with E-state index in [0.717, 1.165) is 18.1 Å². The smallest absolute Gasteiger partial charge is 0.117 e. The van der Waals surface area contributed by atoms with E-state index in [1.165, 1.54) is 32.4 Å². The highest BCUT2D eigenvalue weighted by Gasteiger charge is 2.18. The van der Waals surface area contributed by atoms with Crippen molar-refractivity contribution < 1.29 is 4.42 Å². The first-order valence-corrected chi connectivity index (χ1v) is 7.18. The van der Waals surface area contributed by atoms with Crippen LogP contribution in [0, 0.1) is 6.92 Å². The summed E-state index contributed by atoms with van der Waals surface area (Å²) in [7, 11) is 0. The van der Waals surface area contributed by atoms with Crippen molar-refractivity contribution in [1.29, 1.82) is 0 Å². The molecule has 0 amide bonds. The molecular formula is C15H26N2O. The highest BCUT2D eigenvalue weighted by Crippen LogP contribution is 2.14. The lowest BCUT2D eigenvalue weighted by Gasteiger charge is -2.24. The zero-order valence-electron chi connectivity index (χ0n) is 11.9. The summed E-state index contributed by atoms with van der Waals surface area (Å²) >= 11 is 0. The zero-order chi connectivity index (χ0) is 13.0. The minimum Gasteiger partial charge on any atom is -0.465 e. The molecule has 0 bridgehead atoms. The predicted molar refractivity (Wildman–Crippen MR) is 74.6 cm³/mol. The predicted octanol–water partition coefficient (Wildman–Crippen LogP) is 2.94. The number of rotatable bonds is 4. The minimum atomic E-state index is 0.638. The largest absolute Gasteiger partial charge is 0.465 e. The first-order chi connectivity index (χ1) is 8.65. The van der Waals surface area contributed by atoms with Gasteiger partial charge in [-0.15, -0.1) is 0 Å². The van der Waals surface area contributed by atoms with E-state index in [1.807, 2.05) is 13.0 Å². The van der Waals surface area contributed by atoms with E-state index in [1.54, 1.807) is 0 Å². The molecule has 1 saturated heterocycles. The van der Waals surface area contributed by atoms with Gasteiger partial charge < -0.3 is 14.6 Å². The van der Waals surface area contributed by atoms with E-state index in [0.29, 0.717) is 12.1 Å². The Hall–Kier alpha value is -0.800. The van der Waals surface area contributed by atoms with Crippen molar-refractivity contribution in [3.8, 4) is 0 Å². The molecular weight excluding hydrogens is 224 g/mol. The monoisotopic (exact) mass is 250 g/mol. The Morgan fingerprint density at radius 1 is 1.33 bits per heavy atom. The first-order valence-electron chi connectivity index (χ1n) is 7.18. The molecule has 3 heteroatoms. The van der Waals surface area contributed by atoms with Crippen LogP contribution < -0.4 is 5.32 Å². The third-order valence-electron chi connectivity index (χ3n) is 3.85. The Morgan fingerprint density at radius 2 is 2.17 bits per heavy atom. The maximum absolute atomic E-state index is 5.59. The van der Waals surface area contributed by atoms with Gasteiger partial charge in [0.2, 0.25) is 0 Å². The van der Waals surface area contributed by atoms with E-state index in [2.05, 4.69) is 30.1 Å². The Bertz CT molecular complexity index is 359. The lowest BCUT2D eigenvalue weighted by molar-refractivity contribution is 0.228. The lowest BCUT2D eigenvalue weighted by atomic mass is 10.1. The summed E-state index contributed by atoms with van der Waals surface area (Å²) in [6.07, 6.45) is 3.83. The van der Waals surface area contributed by atoms with Gasteiger partial charge in [-0.05, 0) is 65.3 Å². The molecule has 1 aliphatic heterocycles. The molecule has 2 heterocycles. The van der Waals surface area contributed by atoms with Crippen molar-refractivity contribution in [3.05, 3.63) is 23.7 Å². The first kappa shape index (κ1) is 13.6. The van der Waals surface area contributed by atoms with Crippen molar-refractivity contribution in [2.24, 2.45) is 0 Å². The van der Waals surface area contributed by atoms with Crippen LogP contribution in [0.25, 0.3) is 0 Å². The van der Waals surface area contributed by atoms with Crippen molar-refractivity contribution >= 4 is 0 Å². The van der Waals surface area contributed by atoms with Gasteiger partial charge in [0.05, 0.1) is 6.54 Å². The molecule has 1 aromatic heterocycles. The summed E-state index contributed by atoms with van der Waals surface area (Å²) in [6.45, 7) is 9.90. The maximum Gasteiger partial charge on any atom is 0.117 e. The van der Waals surface area contributed by atoms with Crippen LogP contribution in [0.15, 0.2) is 16.5 Å². The highest BCUT2D eigenvalue weighted by atomic mass is 16.3. The third kappa shape index (κ3) is 3.85. The van der Waals surface area contributed by atoms with Gasteiger partial charge in [0.25, 0.3) is 0 Å². The third-order valence-corrected chi connectivity index (χ3v) is 3.85. The number of aryl methyl sites for hydroxylation is 1. The Kier molecular flexibility index (Phi) is 4.84. The second kappa shape index (κ2) is 6.39. The van der Waals surface area contributed by atoms with Gasteiger partial charge in [-0.2, -0.15) is 0 Å². The SMILES string of the molecule is Cc1ccc(CNC2CCCN(C(C)C)CC2)o1. The number of furan rings is 1. The molecule has 102 valence electrons. The molecule has 1 unspecified atom stereocenters. The summed E-state index contributed by atoms with van der Waals surface area (Å²) in [5.41, 5.74) is 0. The van der Waals surface area contributed by atoms with Gasteiger partial charge in [0.15, 0.2) is 0 Å². The summed E-state index contributed by atoms with van der Waals surface area (Å²) in [6, 6.07) is 5.42. The van der Waals surface area contributed by atoms with E-state index >= 15 is 0 Å². The summed E-state index contributed by atoms with van der Waals surface area (Å²) in [4.78, 5) is 2.58. The molecule has 0 aromatic carbocycles. The van der Waals surface area contributed by atoms with Gasteiger partial charge in [0.1, 0.15) is 11.5 Å². The molecule has 0 saturated carbocycles. The van der Waals surface area contributed by atoms with E-state index in [-0.39, 0.29) is 0 Å². The molecule has 18 heavy (non-hydrogen) atoms. The van der Waals surface area contributed by atoms with Gasteiger partial charge in [-0.25, -0.2) is 0 Å². The average Bonchev–Trinajstić information content (AvgIpc) is 2.62. The molecule has 0 radical (unpaired) electrons. The molecule has 1 aliphatic rings. The molecule has 1 atom stereocenters. The second-order valence-corrected chi connectivity index (χ2v) is 5.65. The highest BCUT2D eigenvalue weighted by molar-refractivity contribution is 5.05. The van der Waals surface area contributed by atoms with E-state index in [9.17, 15) is 0 Å². The van der Waals surface area contributed by atoms with Crippen molar-refractivity contribution in [3.63, 3.8) is 0 Å². The van der Waals surface area contributed by atoms with Crippen molar-refractivity contribution in [2.75, 3.05) is 13.1 Å². The van der Waals surface area contributed by atoms with Gasteiger partial charge >= 0.3 is 0 Å². The Balaban J connectivity index is 1.77. The molecule has 0 spiro atoms. The number of nitrogens with zero attached hydrogens (tertiary/aromatic N) is 1. The van der Waals surface area contributed by atoms with E-state index in [4.69, 9.17) is 4.42 Å². The molecule has 1 aromatic rings. The van der Waals surface area contributed by atoms with Crippen LogP contribution in [-0.4, -0.2) is 30.1 Å². The maximum atomic E-state index is 5.59. The summed E-state index contributed by atoms with van der Waals surface area (Å²) < 4.78 is 5.59. The summed E-state index contributed by atoms with van der Waals surface area (Å²) in [5, 5.41) is 3.63. The Labute approximate surface area is 111 Å². The van der Waals surface area contributed by atoms with Crippen LogP contribution in [0.5, 0.6) is 0 Å². The molecule has 2 rings (SSSR count). The Morgan fingerprint density at radius 3 is 2.83 bits per heavy atom. The number of likely N-dealkylation sites (tertiary alicyclic amines) is 1. The van der Waals surface area contributed by atoms with Crippen molar-refractivity contribution in [2.45, 2.75) is 58.7 Å². The second-order valence-electron chi connectivity index (χ2n) is 5.65. The minimum absolute atomic E-state index is 0.638. The van der Waals surface area contributed by atoms with Gasteiger partial charge in [-0.1, -0.05) is 0 Å². The van der Waals surface area contributed by atoms with Crippen LogP contribution in [0.1, 0.15) is 44.6 Å². The van der Waals surface area contributed by atoms with Crippen LogP contribution in [0.3, 0.4) is 0 Å². The zero-order valence-corrected chi connectivity index (χ0v) is 11.9. The molecule has 0 aliphatic carbocycles. The fraction of sp³-hybridized carbons (Fsp3) is 0.733. The van der Waals surface area contributed by atoms with Gasteiger partial charge in [0, 0.05) is 12.1 Å². The van der Waals surface area contributed by atoms with E-state index < -0.39 is 0 Å². The van der Waals surface area contributed by atoms with Crippen LogP contribution >= 0.6 is 0 Å². The number of nitrogens with one attached hydrogen (secondary N) is 1. The topological polar surface area (TPSA) is 28.4 Å². The number of hydrogen-bond donors (Lipinski definition) is 1. The normalized spacial score (nSPS) is 22.3. The fourth-order valence-corrected chi connectivity index (χ4v) is 2.66. The lowest BCUT2D eigenvalue weighted by Crippen LogP contribution is -2.33. The molecule has 1 N–H and O–H groups in total. The van der Waals surface area contributed by atoms with Crippen LogP contribution in [-0.2, 0) is 6.54 Å². The quantitative estimate of drug-likeness (QED) is 0.890. The van der Waals surface area contributed by atoms with Crippen LogP contribution in [0.4, 0.5) is 0 Å². The number of hydrogen-bond acceptors (Lipinski definition) is 3. The van der Waals surface area contributed by atoms with Crippen molar-refractivity contribution in [1.82, 2.24) is 10.2 Å². The standard InChI is InChI=1S/C15H26N2O/c1-12(2)17-9-4-5-14(8-10-17)16-11-15-7-6-13(3)18-15/h6-7,12,14,16H,4-5,8-11H2,1-3H3. The molecule has 1 fully saturated rings. The average molecular weight is 250 g/mol. The summed E-state index contributed by atoms with van der Waals surface area (Å²) in [5.74, 6) is 2.05. The van der Waals surface area contributed by atoms with Crippen LogP contribution in [0.2, 0.25) is 0 Å².